The molecule has 0 heterocycles. The molecule has 5 heteroatoms. The van der Waals surface area contributed by atoms with Crippen molar-refractivity contribution in [2.45, 2.75) is 13.0 Å². The van der Waals surface area contributed by atoms with Crippen LogP contribution in [0.4, 0.5) is 0 Å². The summed E-state index contributed by atoms with van der Waals surface area (Å²) in [6, 6.07) is 9.69. The Morgan fingerprint density at radius 3 is 2.33 bits per heavy atom. The number of methoxy groups -OCH3 is 2. The maximum Gasteiger partial charge on any atom is 0.141 e. The maximum atomic E-state index is 6.43. The Hall–Kier alpha value is -1.04. The van der Waals surface area contributed by atoms with Gasteiger partial charge in [-0.3, -0.25) is 0 Å². The van der Waals surface area contributed by atoms with E-state index in [1.165, 1.54) is 0 Å². The number of benzene rings is 2. The third-order valence-corrected chi connectivity index (χ3v) is 4.48. The molecule has 2 aromatic carbocycles. The van der Waals surface area contributed by atoms with E-state index in [4.69, 9.17) is 15.2 Å². The van der Waals surface area contributed by atoms with E-state index < -0.39 is 0 Å². The first-order valence-electron chi connectivity index (χ1n) is 6.41. The molecule has 1 unspecified atom stereocenters. The van der Waals surface area contributed by atoms with Crippen LogP contribution in [-0.2, 0) is 0 Å². The van der Waals surface area contributed by atoms with E-state index in [1.807, 2.05) is 25.1 Å². The highest BCUT2D eigenvalue weighted by atomic mass is 79.9. The molecule has 0 aliphatic heterocycles. The average Bonchev–Trinajstić information content (AvgIpc) is 2.45. The van der Waals surface area contributed by atoms with Gasteiger partial charge in [-0.25, -0.2) is 0 Å². The van der Waals surface area contributed by atoms with Gasteiger partial charge in [0, 0.05) is 10.0 Å². The Bertz CT molecular complexity index is 639. The third kappa shape index (κ3) is 3.42. The van der Waals surface area contributed by atoms with E-state index in [2.05, 4.69) is 44.0 Å². The molecule has 2 rings (SSSR count). The van der Waals surface area contributed by atoms with Crippen LogP contribution in [0.1, 0.15) is 22.7 Å². The standard InChI is InChI=1S/C16H17Br2NO2/c1-9-6-10(8-11(17)7-9)15(19)12-4-5-13(20-2)14(18)16(12)21-3/h4-8,15H,19H2,1-3H3. The molecule has 2 N–H and O–H groups in total. The first kappa shape index (κ1) is 16.3. The molecular formula is C16H17Br2NO2. The highest BCUT2D eigenvalue weighted by Crippen LogP contribution is 2.40. The van der Waals surface area contributed by atoms with Crippen LogP contribution >= 0.6 is 31.9 Å². The van der Waals surface area contributed by atoms with Gasteiger partial charge in [-0.1, -0.05) is 22.0 Å². The number of hydrogen-bond donors (Lipinski definition) is 1. The SMILES string of the molecule is COc1ccc(C(N)c2cc(C)cc(Br)c2)c(OC)c1Br. The number of halogens is 2. The molecular weight excluding hydrogens is 398 g/mol. The Kier molecular flexibility index (Phi) is 5.30. The zero-order valence-corrected chi connectivity index (χ0v) is 15.3. The second kappa shape index (κ2) is 6.81. The highest BCUT2D eigenvalue weighted by Gasteiger charge is 2.19. The lowest BCUT2D eigenvalue weighted by Gasteiger charge is -2.19. The fourth-order valence-corrected chi connectivity index (χ4v) is 3.60. The second-order valence-electron chi connectivity index (χ2n) is 4.74. The monoisotopic (exact) mass is 413 g/mol. The molecule has 0 bridgehead atoms. The van der Waals surface area contributed by atoms with Crippen molar-refractivity contribution in [3.8, 4) is 11.5 Å². The van der Waals surface area contributed by atoms with Gasteiger partial charge in [0.05, 0.1) is 20.3 Å². The number of rotatable bonds is 4. The number of aryl methyl sites for hydroxylation is 1. The molecule has 0 fully saturated rings. The van der Waals surface area contributed by atoms with Crippen LogP contribution in [-0.4, -0.2) is 14.2 Å². The lowest BCUT2D eigenvalue weighted by molar-refractivity contribution is 0.385. The summed E-state index contributed by atoms with van der Waals surface area (Å²) in [7, 11) is 3.25. The molecule has 0 saturated carbocycles. The highest BCUT2D eigenvalue weighted by molar-refractivity contribution is 9.11. The smallest absolute Gasteiger partial charge is 0.141 e. The lowest BCUT2D eigenvalue weighted by atomic mass is 9.97. The van der Waals surface area contributed by atoms with E-state index in [0.717, 1.165) is 25.6 Å². The summed E-state index contributed by atoms with van der Waals surface area (Å²) >= 11 is 7.02. The van der Waals surface area contributed by atoms with Crippen LogP contribution in [0.3, 0.4) is 0 Å². The minimum absolute atomic E-state index is 0.279. The van der Waals surface area contributed by atoms with Crippen LogP contribution in [0.5, 0.6) is 11.5 Å². The summed E-state index contributed by atoms with van der Waals surface area (Å²) in [5.74, 6) is 1.41. The molecule has 0 aliphatic carbocycles. The number of ether oxygens (including phenoxy) is 2. The summed E-state index contributed by atoms with van der Waals surface area (Å²) in [6.45, 7) is 2.04. The van der Waals surface area contributed by atoms with Gasteiger partial charge >= 0.3 is 0 Å². The third-order valence-electron chi connectivity index (χ3n) is 3.27. The van der Waals surface area contributed by atoms with Gasteiger partial charge in [0.15, 0.2) is 0 Å². The van der Waals surface area contributed by atoms with Crippen molar-refractivity contribution in [1.29, 1.82) is 0 Å². The fourth-order valence-electron chi connectivity index (χ4n) is 2.29. The first-order valence-corrected chi connectivity index (χ1v) is 7.99. The molecule has 0 spiro atoms. The zero-order chi connectivity index (χ0) is 15.6. The second-order valence-corrected chi connectivity index (χ2v) is 6.45. The van der Waals surface area contributed by atoms with Gasteiger partial charge in [0.1, 0.15) is 16.0 Å². The topological polar surface area (TPSA) is 44.5 Å². The molecule has 112 valence electrons. The Morgan fingerprint density at radius 2 is 1.76 bits per heavy atom. The largest absolute Gasteiger partial charge is 0.495 e. The summed E-state index contributed by atoms with van der Waals surface area (Å²) in [4.78, 5) is 0. The average molecular weight is 415 g/mol. The summed E-state index contributed by atoms with van der Waals surface area (Å²) < 4.78 is 12.6. The van der Waals surface area contributed by atoms with Crippen LogP contribution in [0.15, 0.2) is 39.3 Å². The fraction of sp³-hybridized carbons (Fsp3) is 0.250. The molecule has 0 aliphatic rings. The maximum absolute atomic E-state index is 6.43. The van der Waals surface area contributed by atoms with Crippen molar-refractivity contribution >= 4 is 31.9 Å². The summed E-state index contributed by atoms with van der Waals surface area (Å²) in [5.41, 5.74) is 9.51. The van der Waals surface area contributed by atoms with Crippen LogP contribution in [0.25, 0.3) is 0 Å². The number of hydrogen-bond acceptors (Lipinski definition) is 3. The molecule has 0 aromatic heterocycles. The van der Waals surface area contributed by atoms with E-state index in [1.54, 1.807) is 14.2 Å². The van der Waals surface area contributed by atoms with Gasteiger partial charge < -0.3 is 15.2 Å². The van der Waals surface area contributed by atoms with Crippen LogP contribution in [0.2, 0.25) is 0 Å². The molecule has 1 atom stereocenters. The van der Waals surface area contributed by atoms with Crippen molar-refractivity contribution in [2.24, 2.45) is 5.73 Å². The lowest BCUT2D eigenvalue weighted by Crippen LogP contribution is -2.13. The van der Waals surface area contributed by atoms with Crippen molar-refractivity contribution < 1.29 is 9.47 Å². The Balaban J connectivity index is 2.52. The van der Waals surface area contributed by atoms with Crippen LogP contribution < -0.4 is 15.2 Å². The molecule has 0 amide bonds. The predicted octanol–water partition coefficient (Wildman–Crippen LogP) is 4.59. The quantitative estimate of drug-likeness (QED) is 0.795. The minimum Gasteiger partial charge on any atom is -0.495 e. The molecule has 0 saturated heterocycles. The van der Waals surface area contributed by atoms with Crippen LogP contribution in [0, 0.1) is 6.92 Å². The molecule has 3 nitrogen and oxygen atoms in total. The summed E-state index contributed by atoms with van der Waals surface area (Å²) in [6.07, 6.45) is 0. The van der Waals surface area contributed by atoms with Crippen molar-refractivity contribution in [3.63, 3.8) is 0 Å². The Labute approximate surface area is 141 Å². The van der Waals surface area contributed by atoms with E-state index in [9.17, 15) is 0 Å². The Morgan fingerprint density at radius 1 is 1.05 bits per heavy atom. The first-order chi connectivity index (χ1) is 9.97. The molecule has 0 radical (unpaired) electrons. The van der Waals surface area contributed by atoms with Crippen molar-refractivity contribution in [2.75, 3.05) is 14.2 Å². The van der Waals surface area contributed by atoms with Gasteiger partial charge in [0.2, 0.25) is 0 Å². The predicted molar refractivity (Wildman–Crippen MR) is 92.2 cm³/mol. The number of nitrogens with two attached hydrogens (primary N) is 1. The zero-order valence-electron chi connectivity index (χ0n) is 12.1. The minimum atomic E-state index is -0.279. The normalized spacial score (nSPS) is 12.1. The molecule has 21 heavy (non-hydrogen) atoms. The molecule has 2 aromatic rings. The van der Waals surface area contributed by atoms with Crippen molar-refractivity contribution in [3.05, 3.63) is 56.0 Å². The van der Waals surface area contributed by atoms with E-state index >= 15 is 0 Å². The summed E-state index contributed by atoms with van der Waals surface area (Å²) in [5, 5.41) is 0. The van der Waals surface area contributed by atoms with Gasteiger partial charge in [0.25, 0.3) is 0 Å². The van der Waals surface area contributed by atoms with Gasteiger partial charge in [-0.2, -0.15) is 0 Å². The van der Waals surface area contributed by atoms with E-state index in [-0.39, 0.29) is 6.04 Å². The van der Waals surface area contributed by atoms with E-state index in [0.29, 0.717) is 11.5 Å². The van der Waals surface area contributed by atoms with Gasteiger partial charge in [-0.05, 0) is 58.2 Å². The van der Waals surface area contributed by atoms with Crippen molar-refractivity contribution in [1.82, 2.24) is 0 Å². The van der Waals surface area contributed by atoms with Gasteiger partial charge in [-0.15, -0.1) is 0 Å².